The van der Waals surface area contributed by atoms with Crippen LogP contribution in [0.4, 0.5) is 5.69 Å². The number of nitrogens with zero attached hydrogens (tertiary/aromatic N) is 2. The molecule has 2 aromatic carbocycles. The van der Waals surface area contributed by atoms with Crippen LogP contribution >= 0.6 is 0 Å². The number of nitrogens with one attached hydrogen (secondary N) is 1. The number of carboxylic acids is 1. The molecule has 1 saturated heterocycles. The molecule has 0 aromatic heterocycles. The predicted molar refractivity (Wildman–Crippen MR) is 112 cm³/mol. The van der Waals surface area contributed by atoms with Gasteiger partial charge in [-0.15, -0.1) is 0 Å². The van der Waals surface area contributed by atoms with Gasteiger partial charge in [-0.3, -0.25) is 0 Å². The van der Waals surface area contributed by atoms with Gasteiger partial charge in [-0.1, -0.05) is 13.0 Å². The Bertz CT molecular complexity index is 881. The van der Waals surface area contributed by atoms with E-state index in [2.05, 4.69) is 23.3 Å². The molecule has 6 nitrogen and oxygen atoms in total. The number of carboxylic acid groups (broad SMARTS) is 1. The van der Waals surface area contributed by atoms with E-state index in [0.29, 0.717) is 16.8 Å². The minimum Gasteiger partial charge on any atom is -0.490 e. The molecule has 152 valence electrons. The number of hydrogen-bond donors (Lipinski definition) is 2. The van der Waals surface area contributed by atoms with Crippen molar-refractivity contribution in [3.63, 3.8) is 0 Å². The minimum atomic E-state index is -0.965. The fraction of sp³-hybridized carbons (Fsp3) is 0.391. The van der Waals surface area contributed by atoms with E-state index in [-0.39, 0.29) is 6.10 Å². The van der Waals surface area contributed by atoms with Crippen molar-refractivity contribution in [1.29, 1.82) is 5.26 Å². The Labute approximate surface area is 171 Å². The van der Waals surface area contributed by atoms with Gasteiger partial charge in [0.15, 0.2) is 6.04 Å². The van der Waals surface area contributed by atoms with Crippen LogP contribution in [0.3, 0.4) is 0 Å². The lowest BCUT2D eigenvalue weighted by atomic mass is 10.0. The highest BCUT2D eigenvalue weighted by molar-refractivity contribution is 5.79. The van der Waals surface area contributed by atoms with Crippen LogP contribution in [0.25, 0.3) is 0 Å². The zero-order valence-electron chi connectivity index (χ0n) is 16.9. The molecular weight excluding hydrogens is 366 g/mol. The maximum Gasteiger partial charge on any atom is 0.330 e. The number of hydrogen-bond acceptors (Lipinski definition) is 5. The average molecular weight is 393 g/mol. The SMILES string of the molecule is CCc1cc(OC2CCN(C)CC2)cc(C(Nc2ccc(C#N)cc2)C(=O)O)c1. The quantitative estimate of drug-likeness (QED) is 0.744. The zero-order valence-corrected chi connectivity index (χ0v) is 16.9. The monoisotopic (exact) mass is 393 g/mol. The van der Waals surface area contributed by atoms with E-state index < -0.39 is 12.0 Å². The first-order valence-electron chi connectivity index (χ1n) is 9.97. The summed E-state index contributed by atoms with van der Waals surface area (Å²) >= 11 is 0. The number of rotatable bonds is 7. The van der Waals surface area contributed by atoms with Crippen LogP contribution in [0, 0.1) is 11.3 Å². The Morgan fingerprint density at radius 1 is 1.28 bits per heavy atom. The van der Waals surface area contributed by atoms with Crippen molar-refractivity contribution in [2.75, 3.05) is 25.5 Å². The van der Waals surface area contributed by atoms with E-state index in [1.54, 1.807) is 24.3 Å². The number of nitriles is 1. The summed E-state index contributed by atoms with van der Waals surface area (Å²) in [4.78, 5) is 14.3. The normalized spacial score (nSPS) is 16.0. The molecule has 0 spiro atoms. The highest BCUT2D eigenvalue weighted by atomic mass is 16.5. The summed E-state index contributed by atoms with van der Waals surface area (Å²) in [5.41, 5.74) is 2.88. The van der Waals surface area contributed by atoms with Crippen LogP contribution < -0.4 is 10.1 Å². The van der Waals surface area contributed by atoms with Crippen molar-refractivity contribution >= 4 is 11.7 Å². The van der Waals surface area contributed by atoms with E-state index in [1.165, 1.54) is 0 Å². The highest BCUT2D eigenvalue weighted by Gasteiger charge is 2.23. The lowest BCUT2D eigenvalue weighted by Crippen LogP contribution is -2.35. The first kappa shape index (κ1) is 20.7. The molecule has 29 heavy (non-hydrogen) atoms. The van der Waals surface area contributed by atoms with E-state index in [0.717, 1.165) is 43.7 Å². The molecule has 0 saturated carbocycles. The predicted octanol–water partition coefficient (Wildman–Crippen LogP) is 3.83. The number of anilines is 1. The minimum absolute atomic E-state index is 0.154. The Morgan fingerprint density at radius 2 is 1.97 bits per heavy atom. The Kier molecular flexibility index (Phi) is 6.73. The first-order valence-corrected chi connectivity index (χ1v) is 9.97. The molecule has 1 aliphatic rings. The molecule has 2 aromatic rings. The second-order valence-corrected chi connectivity index (χ2v) is 7.49. The molecule has 1 unspecified atom stereocenters. The van der Waals surface area contributed by atoms with Crippen molar-refractivity contribution in [3.8, 4) is 11.8 Å². The van der Waals surface area contributed by atoms with Crippen molar-refractivity contribution < 1.29 is 14.6 Å². The van der Waals surface area contributed by atoms with E-state index >= 15 is 0 Å². The van der Waals surface area contributed by atoms with Gasteiger partial charge in [0.2, 0.25) is 0 Å². The zero-order chi connectivity index (χ0) is 20.8. The molecule has 1 heterocycles. The number of piperidine rings is 1. The van der Waals surface area contributed by atoms with Gasteiger partial charge >= 0.3 is 5.97 Å². The highest BCUT2D eigenvalue weighted by Crippen LogP contribution is 2.28. The van der Waals surface area contributed by atoms with Crippen LogP contribution in [0.1, 0.15) is 42.5 Å². The lowest BCUT2D eigenvalue weighted by Gasteiger charge is -2.29. The largest absolute Gasteiger partial charge is 0.490 e. The third kappa shape index (κ3) is 5.49. The number of aliphatic carboxylic acids is 1. The summed E-state index contributed by atoms with van der Waals surface area (Å²) in [6.45, 7) is 4.05. The third-order valence-corrected chi connectivity index (χ3v) is 5.27. The van der Waals surface area contributed by atoms with Crippen molar-refractivity contribution in [2.24, 2.45) is 0 Å². The van der Waals surface area contributed by atoms with Gasteiger partial charge in [0, 0.05) is 18.8 Å². The fourth-order valence-electron chi connectivity index (χ4n) is 3.52. The molecule has 1 atom stereocenters. The van der Waals surface area contributed by atoms with E-state index in [9.17, 15) is 9.90 Å². The first-order chi connectivity index (χ1) is 14.0. The smallest absolute Gasteiger partial charge is 0.330 e. The topological polar surface area (TPSA) is 85.6 Å². The molecule has 6 heteroatoms. The molecule has 0 aliphatic carbocycles. The summed E-state index contributed by atoms with van der Waals surface area (Å²) in [5.74, 6) is -0.241. The molecule has 2 N–H and O–H groups in total. The van der Waals surface area contributed by atoms with Gasteiger partial charge in [-0.2, -0.15) is 5.26 Å². The number of benzene rings is 2. The third-order valence-electron chi connectivity index (χ3n) is 5.27. The molecule has 0 amide bonds. The maximum atomic E-state index is 12.0. The molecule has 3 rings (SSSR count). The molecule has 0 radical (unpaired) electrons. The second kappa shape index (κ2) is 9.44. The van der Waals surface area contributed by atoms with Crippen LogP contribution in [0.15, 0.2) is 42.5 Å². The average Bonchev–Trinajstić information content (AvgIpc) is 2.73. The molecular formula is C23H27N3O3. The van der Waals surface area contributed by atoms with Crippen molar-refractivity contribution in [2.45, 2.75) is 38.3 Å². The summed E-state index contributed by atoms with van der Waals surface area (Å²) in [6, 6.07) is 13.7. The standard InChI is InChI=1S/C23H27N3O3/c1-3-16-12-18(14-21(13-16)29-20-8-10-26(2)11-9-20)22(23(27)28)25-19-6-4-17(15-24)5-7-19/h4-7,12-14,20,22,25H,3,8-11H2,1-2H3,(H,27,28). The second-order valence-electron chi connectivity index (χ2n) is 7.49. The van der Waals surface area contributed by atoms with Crippen LogP contribution in [-0.2, 0) is 11.2 Å². The lowest BCUT2D eigenvalue weighted by molar-refractivity contribution is -0.138. The number of aryl methyl sites for hydroxylation is 1. The van der Waals surface area contributed by atoms with Crippen LogP contribution in [-0.4, -0.2) is 42.2 Å². The van der Waals surface area contributed by atoms with Gasteiger partial charge < -0.3 is 20.1 Å². The Balaban J connectivity index is 1.83. The van der Waals surface area contributed by atoms with Crippen molar-refractivity contribution in [3.05, 3.63) is 59.2 Å². The van der Waals surface area contributed by atoms with Crippen molar-refractivity contribution in [1.82, 2.24) is 4.90 Å². The summed E-state index contributed by atoms with van der Waals surface area (Å²) in [6.07, 6.45) is 2.88. The van der Waals surface area contributed by atoms with Gasteiger partial charge in [-0.05, 0) is 73.8 Å². The van der Waals surface area contributed by atoms with E-state index in [1.807, 2.05) is 25.1 Å². The number of carbonyl (C=O) groups is 1. The van der Waals surface area contributed by atoms with Gasteiger partial charge in [0.05, 0.1) is 11.6 Å². The molecule has 0 bridgehead atoms. The van der Waals surface area contributed by atoms with Gasteiger partial charge in [0.25, 0.3) is 0 Å². The fourth-order valence-corrected chi connectivity index (χ4v) is 3.52. The number of likely N-dealkylation sites (tertiary alicyclic amines) is 1. The van der Waals surface area contributed by atoms with E-state index in [4.69, 9.17) is 10.00 Å². The number of ether oxygens (including phenoxy) is 1. The maximum absolute atomic E-state index is 12.0. The molecule has 1 aliphatic heterocycles. The molecule has 1 fully saturated rings. The van der Waals surface area contributed by atoms with Crippen LogP contribution in [0.5, 0.6) is 5.75 Å². The van der Waals surface area contributed by atoms with Gasteiger partial charge in [0.1, 0.15) is 11.9 Å². The summed E-state index contributed by atoms with van der Waals surface area (Å²) < 4.78 is 6.21. The van der Waals surface area contributed by atoms with Crippen LogP contribution in [0.2, 0.25) is 0 Å². The summed E-state index contributed by atoms with van der Waals surface area (Å²) in [7, 11) is 2.11. The van der Waals surface area contributed by atoms with Gasteiger partial charge in [-0.25, -0.2) is 4.79 Å². The Hall–Kier alpha value is -3.04. The Morgan fingerprint density at radius 3 is 2.55 bits per heavy atom. The summed E-state index contributed by atoms with van der Waals surface area (Å²) in [5, 5.41) is 21.8.